The second-order valence-electron chi connectivity index (χ2n) is 3.95. The Labute approximate surface area is 124 Å². The van der Waals surface area contributed by atoms with Crippen LogP contribution in [0.25, 0.3) is 5.69 Å². The van der Waals surface area contributed by atoms with Gasteiger partial charge in [-0.1, -0.05) is 42.1 Å². The van der Waals surface area contributed by atoms with Gasteiger partial charge in [-0.05, 0) is 40.2 Å². The van der Waals surface area contributed by atoms with Crippen molar-refractivity contribution in [1.29, 1.82) is 0 Å². The zero-order valence-electron chi connectivity index (χ0n) is 10.0. The van der Waals surface area contributed by atoms with E-state index < -0.39 is 0 Å². The Kier molecular flexibility index (Phi) is 3.71. The summed E-state index contributed by atoms with van der Waals surface area (Å²) in [6.07, 6.45) is 3.80. The van der Waals surface area contributed by atoms with Crippen molar-refractivity contribution in [3.63, 3.8) is 0 Å². The molecule has 0 unspecified atom stereocenters. The van der Waals surface area contributed by atoms with Crippen molar-refractivity contribution >= 4 is 27.7 Å². The van der Waals surface area contributed by atoms with Crippen LogP contribution >= 0.6 is 27.7 Å². The minimum atomic E-state index is 0.957. The maximum Gasteiger partial charge on any atom is 0.177 e. The smallest absolute Gasteiger partial charge is 0.177 e. The molecule has 2 nitrogen and oxygen atoms in total. The lowest BCUT2D eigenvalue weighted by molar-refractivity contribution is 0.891. The van der Waals surface area contributed by atoms with Crippen molar-refractivity contribution in [3.8, 4) is 5.69 Å². The lowest BCUT2D eigenvalue weighted by atomic mass is 10.3. The van der Waals surface area contributed by atoms with Crippen molar-refractivity contribution in [3.05, 3.63) is 71.5 Å². The van der Waals surface area contributed by atoms with E-state index in [0.29, 0.717) is 0 Å². The Bertz CT molecular complexity index is 679. The molecule has 0 bridgehead atoms. The molecule has 0 saturated carbocycles. The van der Waals surface area contributed by atoms with Gasteiger partial charge in [-0.2, -0.15) is 0 Å². The number of benzene rings is 2. The van der Waals surface area contributed by atoms with Crippen molar-refractivity contribution in [1.82, 2.24) is 9.55 Å². The van der Waals surface area contributed by atoms with Gasteiger partial charge in [-0.25, -0.2) is 4.98 Å². The van der Waals surface area contributed by atoms with Gasteiger partial charge in [0.1, 0.15) is 0 Å². The van der Waals surface area contributed by atoms with Crippen LogP contribution in [0.5, 0.6) is 0 Å². The zero-order valence-corrected chi connectivity index (χ0v) is 12.4. The highest BCUT2D eigenvalue weighted by atomic mass is 79.9. The van der Waals surface area contributed by atoms with Gasteiger partial charge < -0.3 is 0 Å². The van der Waals surface area contributed by atoms with Gasteiger partial charge in [0, 0.05) is 21.8 Å². The summed E-state index contributed by atoms with van der Waals surface area (Å²) >= 11 is 5.23. The Morgan fingerprint density at radius 1 is 0.947 bits per heavy atom. The topological polar surface area (TPSA) is 17.8 Å². The quantitative estimate of drug-likeness (QED) is 0.687. The minimum absolute atomic E-state index is 0.957. The first-order valence-electron chi connectivity index (χ1n) is 5.86. The summed E-state index contributed by atoms with van der Waals surface area (Å²) in [6, 6.07) is 18.4. The normalized spacial score (nSPS) is 10.6. The average Bonchev–Trinajstić information content (AvgIpc) is 2.88. The third kappa shape index (κ3) is 2.74. The third-order valence-electron chi connectivity index (χ3n) is 2.67. The zero-order chi connectivity index (χ0) is 13.1. The summed E-state index contributed by atoms with van der Waals surface area (Å²) in [6.45, 7) is 0. The van der Waals surface area contributed by atoms with Crippen molar-refractivity contribution in [2.75, 3.05) is 0 Å². The summed E-state index contributed by atoms with van der Waals surface area (Å²) in [7, 11) is 0. The first-order valence-corrected chi connectivity index (χ1v) is 7.47. The number of hydrogen-bond acceptors (Lipinski definition) is 2. The molecule has 3 aromatic rings. The predicted molar refractivity (Wildman–Crippen MR) is 81.8 cm³/mol. The SMILES string of the molecule is Brc1ccccc1-n1ccnc1Sc1ccccc1. The molecule has 19 heavy (non-hydrogen) atoms. The lowest BCUT2D eigenvalue weighted by Crippen LogP contribution is -1.95. The van der Waals surface area contributed by atoms with Gasteiger partial charge in [-0.3, -0.25) is 4.57 Å². The Morgan fingerprint density at radius 2 is 1.68 bits per heavy atom. The molecule has 94 valence electrons. The van der Waals surface area contributed by atoms with E-state index in [0.717, 1.165) is 15.3 Å². The number of imidazole rings is 1. The van der Waals surface area contributed by atoms with Gasteiger partial charge >= 0.3 is 0 Å². The predicted octanol–water partition coefficient (Wildman–Crippen LogP) is 4.79. The maximum absolute atomic E-state index is 4.43. The van der Waals surface area contributed by atoms with Gasteiger partial charge in [0.2, 0.25) is 0 Å². The van der Waals surface area contributed by atoms with E-state index in [-0.39, 0.29) is 0 Å². The molecule has 0 spiro atoms. The first kappa shape index (κ1) is 12.5. The largest absolute Gasteiger partial charge is 0.293 e. The lowest BCUT2D eigenvalue weighted by Gasteiger charge is -2.09. The average molecular weight is 331 g/mol. The van der Waals surface area contributed by atoms with E-state index in [9.17, 15) is 0 Å². The summed E-state index contributed by atoms with van der Waals surface area (Å²) in [5, 5.41) is 0.957. The monoisotopic (exact) mass is 330 g/mol. The Morgan fingerprint density at radius 3 is 2.47 bits per heavy atom. The van der Waals surface area contributed by atoms with E-state index in [2.05, 4.69) is 43.7 Å². The van der Waals surface area contributed by atoms with Crippen molar-refractivity contribution in [2.45, 2.75) is 10.1 Å². The molecule has 0 aliphatic carbocycles. The fourth-order valence-electron chi connectivity index (χ4n) is 1.79. The van der Waals surface area contributed by atoms with Crippen molar-refractivity contribution in [2.24, 2.45) is 0 Å². The maximum atomic E-state index is 4.43. The molecule has 2 aromatic carbocycles. The van der Waals surface area contributed by atoms with Crippen LogP contribution in [0.3, 0.4) is 0 Å². The van der Waals surface area contributed by atoms with Crippen molar-refractivity contribution < 1.29 is 0 Å². The molecule has 0 aliphatic heterocycles. The molecule has 0 amide bonds. The van der Waals surface area contributed by atoms with E-state index >= 15 is 0 Å². The molecular weight excluding hydrogens is 320 g/mol. The Hall–Kier alpha value is -1.52. The number of nitrogens with zero attached hydrogens (tertiary/aromatic N) is 2. The third-order valence-corrected chi connectivity index (χ3v) is 4.33. The fourth-order valence-corrected chi connectivity index (χ4v) is 3.14. The number of para-hydroxylation sites is 1. The molecule has 0 radical (unpaired) electrons. The van der Waals surface area contributed by atoms with E-state index in [1.807, 2.05) is 48.8 Å². The highest BCUT2D eigenvalue weighted by Crippen LogP contribution is 2.30. The molecule has 4 heteroatoms. The number of hydrogen-bond donors (Lipinski definition) is 0. The second-order valence-corrected chi connectivity index (χ2v) is 5.84. The van der Waals surface area contributed by atoms with Crippen LogP contribution in [0, 0.1) is 0 Å². The standard InChI is InChI=1S/C15H11BrN2S/c16-13-8-4-5-9-14(13)18-11-10-17-15(18)19-12-6-2-1-3-7-12/h1-11H. The fraction of sp³-hybridized carbons (Fsp3) is 0. The van der Waals surface area contributed by atoms with Crippen LogP contribution in [0.15, 0.2) is 81.5 Å². The molecule has 0 fully saturated rings. The minimum Gasteiger partial charge on any atom is -0.293 e. The molecule has 1 aromatic heterocycles. The second kappa shape index (κ2) is 5.63. The number of halogens is 1. The molecule has 3 rings (SSSR count). The molecule has 0 N–H and O–H groups in total. The van der Waals surface area contributed by atoms with Crippen LogP contribution in [0.2, 0.25) is 0 Å². The molecule has 0 saturated heterocycles. The van der Waals surface area contributed by atoms with E-state index in [1.54, 1.807) is 11.8 Å². The van der Waals surface area contributed by atoms with Crippen LogP contribution < -0.4 is 0 Å². The first-order chi connectivity index (χ1) is 9.34. The molecule has 1 heterocycles. The van der Waals surface area contributed by atoms with E-state index in [1.165, 1.54) is 4.90 Å². The van der Waals surface area contributed by atoms with Crippen LogP contribution in [-0.2, 0) is 0 Å². The summed E-state index contributed by atoms with van der Waals surface area (Å²) < 4.78 is 3.14. The Balaban J connectivity index is 1.98. The number of aromatic nitrogens is 2. The van der Waals surface area contributed by atoms with Gasteiger partial charge in [-0.15, -0.1) is 0 Å². The molecular formula is C15H11BrN2S. The highest BCUT2D eigenvalue weighted by molar-refractivity contribution is 9.10. The van der Waals surface area contributed by atoms with Gasteiger partial charge in [0.15, 0.2) is 5.16 Å². The van der Waals surface area contributed by atoms with Crippen LogP contribution in [0.1, 0.15) is 0 Å². The van der Waals surface area contributed by atoms with Gasteiger partial charge in [0.05, 0.1) is 5.69 Å². The summed E-state index contributed by atoms with van der Waals surface area (Å²) in [4.78, 5) is 5.62. The van der Waals surface area contributed by atoms with Crippen LogP contribution in [0.4, 0.5) is 0 Å². The highest BCUT2D eigenvalue weighted by Gasteiger charge is 2.08. The van der Waals surface area contributed by atoms with Crippen LogP contribution in [-0.4, -0.2) is 9.55 Å². The van der Waals surface area contributed by atoms with Gasteiger partial charge in [0.25, 0.3) is 0 Å². The van der Waals surface area contributed by atoms with E-state index in [4.69, 9.17) is 0 Å². The number of rotatable bonds is 3. The molecule has 0 aliphatic rings. The molecule has 0 atom stereocenters. The summed E-state index contributed by atoms with van der Waals surface area (Å²) in [5.41, 5.74) is 1.10. The summed E-state index contributed by atoms with van der Waals surface area (Å²) in [5.74, 6) is 0.